The van der Waals surface area contributed by atoms with Crippen molar-refractivity contribution in [2.45, 2.75) is 85.2 Å². The maximum atomic E-state index is 5.71. The van der Waals surface area contributed by atoms with Gasteiger partial charge in [0.05, 0.1) is 6.10 Å². The van der Waals surface area contributed by atoms with Gasteiger partial charge in [-0.1, -0.05) is 39.3 Å². The van der Waals surface area contributed by atoms with Gasteiger partial charge >= 0.3 is 0 Å². The van der Waals surface area contributed by atoms with Crippen LogP contribution in [0.15, 0.2) is 11.6 Å². The molecular formula is C23H38O. The van der Waals surface area contributed by atoms with Crippen molar-refractivity contribution in [3.8, 4) is 0 Å². The molecule has 4 aliphatic rings. The van der Waals surface area contributed by atoms with Crippen LogP contribution in [0.2, 0.25) is 0 Å². The molecule has 0 aromatic heterocycles. The van der Waals surface area contributed by atoms with Gasteiger partial charge in [0.2, 0.25) is 0 Å². The third kappa shape index (κ3) is 2.29. The lowest BCUT2D eigenvalue weighted by atomic mass is 9.47. The van der Waals surface area contributed by atoms with Gasteiger partial charge in [-0.05, 0) is 91.8 Å². The first-order chi connectivity index (χ1) is 11.4. The molecule has 0 aromatic rings. The highest BCUT2D eigenvalue weighted by atomic mass is 16.5. The Morgan fingerprint density at radius 1 is 1.04 bits per heavy atom. The summed E-state index contributed by atoms with van der Waals surface area (Å²) < 4.78 is 5.71. The fourth-order valence-electron chi connectivity index (χ4n) is 7.96. The molecule has 136 valence electrons. The Morgan fingerprint density at radius 2 is 1.83 bits per heavy atom. The highest BCUT2D eigenvalue weighted by Gasteiger charge is 2.58. The van der Waals surface area contributed by atoms with Gasteiger partial charge in [0, 0.05) is 7.11 Å². The Hall–Kier alpha value is -0.300. The molecule has 4 aliphatic carbocycles. The zero-order valence-electron chi connectivity index (χ0n) is 16.6. The van der Waals surface area contributed by atoms with E-state index in [9.17, 15) is 0 Å². The van der Waals surface area contributed by atoms with Crippen molar-refractivity contribution in [1.82, 2.24) is 0 Å². The Balaban J connectivity index is 1.62. The quantitative estimate of drug-likeness (QED) is 0.545. The van der Waals surface area contributed by atoms with Crippen molar-refractivity contribution < 1.29 is 4.74 Å². The van der Waals surface area contributed by atoms with Crippen molar-refractivity contribution in [1.29, 1.82) is 0 Å². The van der Waals surface area contributed by atoms with Gasteiger partial charge < -0.3 is 4.74 Å². The van der Waals surface area contributed by atoms with E-state index >= 15 is 0 Å². The van der Waals surface area contributed by atoms with Gasteiger partial charge in [-0.25, -0.2) is 0 Å². The Kier molecular flexibility index (Phi) is 4.18. The number of allylic oxidation sites excluding steroid dienone is 1. The average molecular weight is 331 g/mol. The molecule has 0 spiro atoms. The highest BCUT2D eigenvalue weighted by Crippen LogP contribution is 2.67. The third-order valence-corrected chi connectivity index (χ3v) is 9.27. The maximum absolute atomic E-state index is 5.71. The molecule has 0 amide bonds. The molecule has 3 saturated carbocycles. The lowest BCUT2D eigenvalue weighted by Gasteiger charge is -2.58. The van der Waals surface area contributed by atoms with Crippen LogP contribution < -0.4 is 0 Å². The second-order valence-corrected chi connectivity index (χ2v) is 10.3. The molecule has 24 heavy (non-hydrogen) atoms. The summed E-state index contributed by atoms with van der Waals surface area (Å²) in [6.45, 7) is 10.2. The topological polar surface area (TPSA) is 9.23 Å². The minimum absolute atomic E-state index is 0.478. The molecule has 0 radical (unpaired) electrons. The normalized spacial score (nSPS) is 50.9. The molecule has 3 fully saturated rings. The van der Waals surface area contributed by atoms with Crippen molar-refractivity contribution in [3.63, 3.8) is 0 Å². The van der Waals surface area contributed by atoms with Crippen LogP contribution in [-0.2, 0) is 4.74 Å². The predicted octanol–water partition coefficient (Wildman–Crippen LogP) is 6.24. The zero-order chi connectivity index (χ0) is 17.1. The fraction of sp³-hybridized carbons (Fsp3) is 0.913. The van der Waals surface area contributed by atoms with E-state index in [1.165, 1.54) is 51.4 Å². The van der Waals surface area contributed by atoms with Gasteiger partial charge in [-0.3, -0.25) is 0 Å². The minimum Gasteiger partial charge on any atom is -0.381 e. The number of ether oxygens (including phenoxy) is 1. The Labute approximate surface area is 149 Å². The molecule has 4 rings (SSSR count). The van der Waals surface area contributed by atoms with Crippen LogP contribution in [0.1, 0.15) is 79.1 Å². The number of hydrogen-bond acceptors (Lipinski definition) is 1. The van der Waals surface area contributed by atoms with Gasteiger partial charge in [0.1, 0.15) is 0 Å². The lowest BCUT2D eigenvalue weighted by molar-refractivity contribution is -0.0586. The van der Waals surface area contributed by atoms with E-state index < -0.39 is 0 Å². The molecule has 1 nitrogen and oxygen atoms in total. The molecule has 7 atom stereocenters. The summed E-state index contributed by atoms with van der Waals surface area (Å²) in [5.41, 5.74) is 2.86. The second kappa shape index (κ2) is 5.86. The fourth-order valence-corrected chi connectivity index (χ4v) is 7.96. The first-order valence-electron chi connectivity index (χ1n) is 10.6. The van der Waals surface area contributed by atoms with E-state index in [0.717, 1.165) is 29.6 Å². The number of fused-ring (bicyclic) bond motifs is 5. The summed E-state index contributed by atoms with van der Waals surface area (Å²) >= 11 is 0. The smallest absolute Gasteiger partial charge is 0.0608 e. The van der Waals surface area contributed by atoms with E-state index in [1.54, 1.807) is 5.57 Å². The van der Waals surface area contributed by atoms with Crippen molar-refractivity contribution in [2.24, 2.45) is 40.4 Å². The van der Waals surface area contributed by atoms with Gasteiger partial charge in [-0.15, -0.1) is 0 Å². The van der Waals surface area contributed by atoms with Crippen LogP contribution in [0.4, 0.5) is 0 Å². The first-order valence-corrected chi connectivity index (χ1v) is 10.6. The summed E-state index contributed by atoms with van der Waals surface area (Å²) in [5.74, 6) is 4.71. The average Bonchev–Trinajstić information content (AvgIpc) is 2.91. The van der Waals surface area contributed by atoms with E-state index in [0.29, 0.717) is 16.9 Å². The highest BCUT2D eigenvalue weighted by molar-refractivity contribution is 5.25. The molecule has 0 aliphatic heterocycles. The van der Waals surface area contributed by atoms with Gasteiger partial charge in [-0.2, -0.15) is 0 Å². The van der Waals surface area contributed by atoms with E-state index in [-0.39, 0.29) is 0 Å². The van der Waals surface area contributed by atoms with Crippen molar-refractivity contribution in [3.05, 3.63) is 11.6 Å². The van der Waals surface area contributed by atoms with E-state index in [2.05, 4.69) is 33.8 Å². The van der Waals surface area contributed by atoms with Gasteiger partial charge in [0.15, 0.2) is 0 Å². The van der Waals surface area contributed by atoms with Crippen LogP contribution in [0.25, 0.3) is 0 Å². The summed E-state index contributed by atoms with van der Waals surface area (Å²) in [6, 6.07) is 0. The maximum Gasteiger partial charge on any atom is 0.0608 e. The second-order valence-electron chi connectivity index (χ2n) is 10.3. The summed E-state index contributed by atoms with van der Waals surface area (Å²) in [4.78, 5) is 0. The van der Waals surface area contributed by atoms with E-state index in [4.69, 9.17) is 4.74 Å². The molecule has 0 aromatic carbocycles. The molecule has 1 heteroatoms. The summed E-state index contributed by atoms with van der Waals surface area (Å²) in [6.07, 6.45) is 14.3. The monoisotopic (exact) mass is 330 g/mol. The van der Waals surface area contributed by atoms with Crippen LogP contribution in [-0.4, -0.2) is 13.2 Å². The molecule has 0 heterocycles. The molecular weight excluding hydrogens is 292 g/mol. The molecule has 0 N–H and O–H groups in total. The van der Waals surface area contributed by atoms with Crippen molar-refractivity contribution in [2.75, 3.05) is 7.11 Å². The van der Waals surface area contributed by atoms with Crippen LogP contribution in [0.5, 0.6) is 0 Å². The minimum atomic E-state index is 0.478. The Morgan fingerprint density at radius 3 is 2.54 bits per heavy atom. The standard InChI is InChI=1S/C23H38O/c1-15(2)19-8-9-20-18-7-6-16-14-17(24-5)10-12-22(16,3)21(18)11-13-23(19,20)4/h6,15,17-21H,7-14H2,1-5H3/t17?,18-,19+,20-,21-,22-,23+/m0/s1. The van der Waals surface area contributed by atoms with Crippen molar-refractivity contribution >= 4 is 0 Å². The first kappa shape index (κ1) is 17.1. The number of hydrogen-bond donors (Lipinski definition) is 0. The number of rotatable bonds is 2. The largest absolute Gasteiger partial charge is 0.381 e. The van der Waals surface area contributed by atoms with Crippen LogP contribution in [0.3, 0.4) is 0 Å². The molecule has 0 bridgehead atoms. The van der Waals surface area contributed by atoms with Crippen LogP contribution >= 0.6 is 0 Å². The summed E-state index contributed by atoms with van der Waals surface area (Å²) in [5, 5.41) is 0. The summed E-state index contributed by atoms with van der Waals surface area (Å²) in [7, 11) is 1.90. The SMILES string of the molecule is COC1CC[C@@]2(C)C(=CC[C@H]3[C@@H]4CC[C@H](C(C)C)[C@@]4(C)CC[C@@H]32)C1. The number of methoxy groups -OCH3 is 1. The third-order valence-electron chi connectivity index (χ3n) is 9.27. The molecule has 0 saturated heterocycles. The zero-order valence-corrected chi connectivity index (χ0v) is 16.6. The predicted molar refractivity (Wildman–Crippen MR) is 101 cm³/mol. The van der Waals surface area contributed by atoms with E-state index in [1.807, 2.05) is 7.11 Å². The lowest BCUT2D eigenvalue weighted by Crippen LogP contribution is -2.50. The van der Waals surface area contributed by atoms with Gasteiger partial charge in [0.25, 0.3) is 0 Å². The molecule has 1 unspecified atom stereocenters. The van der Waals surface area contributed by atoms with Crippen LogP contribution in [0, 0.1) is 40.4 Å². The Bertz CT molecular complexity index is 520.